The first-order valence-electron chi connectivity index (χ1n) is 5.92. The van der Waals surface area contributed by atoms with Crippen LogP contribution in [0.5, 0.6) is 0 Å². The quantitative estimate of drug-likeness (QED) is 0.778. The van der Waals surface area contributed by atoms with Crippen LogP contribution in [0, 0.1) is 11.8 Å². The van der Waals surface area contributed by atoms with Gasteiger partial charge in [0.2, 0.25) is 5.91 Å². The second-order valence-corrected chi connectivity index (χ2v) is 5.07. The smallest absolute Gasteiger partial charge is 0.249 e. The van der Waals surface area contributed by atoms with Gasteiger partial charge >= 0.3 is 0 Å². The summed E-state index contributed by atoms with van der Waals surface area (Å²) in [5.41, 5.74) is 0. The summed E-state index contributed by atoms with van der Waals surface area (Å²) >= 11 is 0. The third kappa shape index (κ3) is 3.82. The topological polar surface area (TPSA) is 38.3 Å². The van der Waals surface area contributed by atoms with E-state index in [1.807, 2.05) is 13.8 Å². The zero-order valence-electron chi connectivity index (χ0n) is 10.2. The molecule has 2 atom stereocenters. The van der Waals surface area contributed by atoms with E-state index in [0.29, 0.717) is 11.8 Å². The van der Waals surface area contributed by atoms with E-state index in [4.69, 9.17) is 4.74 Å². The van der Waals surface area contributed by atoms with Crippen molar-refractivity contribution in [2.75, 3.05) is 6.61 Å². The van der Waals surface area contributed by atoms with E-state index in [2.05, 4.69) is 19.2 Å². The van der Waals surface area contributed by atoms with Gasteiger partial charge in [-0.15, -0.1) is 0 Å². The molecular formula is C12H23NO2. The summed E-state index contributed by atoms with van der Waals surface area (Å²) in [4.78, 5) is 11.6. The van der Waals surface area contributed by atoms with Crippen LogP contribution in [0.1, 0.15) is 40.5 Å². The first-order valence-corrected chi connectivity index (χ1v) is 5.92. The minimum atomic E-state index is -0.220. The molecule has 1 saturated heterocycles. The highest BCUT2D eigenvalue weighted by Crippen LogP contribution is 2.25. The molecule has 3 heteroatoms. The molecule has 0 aliphatic carbocycles. The summed E-state index contributed by atoms with van der Waals surface area (Å²) in [5.74, 6) is 1.32. The van der Waals surface area contributed by atoms with Gasteiger partial charge in [0.25, 0.3) is 0 Å². The highest BCUT2D eigenvalue weighted by molar-refractivity contribution is 5.81. The van der Waals surface area contributed by atoms with Gasteiger partial charge in [-0.2, -0.15) is 0 Å². The molecule has 2 unspecified atom stereocenters. The molecule has 0 saturated carbocycles. The summed E-state index contributed by atoms with van der Waals surface area (Å²) in [6, 6.07) is 0.198. The van der Waals surface area contributed by atoms with Crippen LogP contribution in [0.15, 0.2) is 0 Å². The molecule has 3 nitrogen and oxygen atoms in total. The highest BCUT2D eigenvalue weighted by Gasteiger charge is 2.28. The van der Waals surface area contributed by atoms with E-state index in [0.717, 1.165) is 19.4 Å². The summed E-state index contributed by atoms with van der Waals surface area (Å²) < 4.78 is 5.60. The SMILES string of the molecule is CC(C)NC(=O)C1CCC(C(C)C)CO1. The minimum Gasteiger partial charge on any atom is -0.368 e. The molecule has 0 aromatic rings. The predicted octanol–water partition coefficient (Wildman–Crippen LogP) is 1.96. The minimum absolute atomic E-state index is 0.0483. The molecule has 0 spiro atoms. The number of carbonyl (C=O) groups excluding carboxylic acids is 1. The Kier molecular flexibility index (Phi) is 4.58. The second-order valence-electron chi connectivity index (χ2n) is 5.07. The normalized spacial score (nSPS) is 27.1. The van der Waals surface area contributed by atoms with Gasteiger partial charge in [0.15, 0.2) is 0 Å². The highest BCUT2D eigenvalue weighted by atomic mass is 16.5. The van der Waals surface area contributed by atoms with Crippen molar-refractivity contribution in [3.05, 3.63) is 0 Å². The third-order valence-corrected chi connectivity index (χ3v) is 2.98. The average Bonchev–Trinajstić information content (AvgIpc) is 2.17. The summed E-state index contributed by atoms with van der Waals surface area (Å²) in [6.07, 6.45) is 1.75. The van der Waals surface area contributed by atoms with Gasteiger partial charge in [0.1, 0.15) is 6.10 Å². The van der Waals surface area contributed by atoms with Crippen molar-refractivity contribution in [3.63, 3.8) is 0 Å². The van der Waals surface area contributed by atoms with Crippen molar-refractivity contribution in [2.24, 2.45) is 11.8 Å². The van der Waals surface area contributed by atoms with Crippen molar-refractivity contribution in [3.8, 4) is 0 Å². The zero-order valence-corrected chi connectivity index (χ0v) is 10.2. The Hall–Kier alpha value is -0.570. The van der Waals surface area contributed by atoms with Crippen LogP contribution < -0.4 is 5.32 Å². The first-order chi connectivity index (χ1) is 7.00. The molecule has 0 aromatic carbocycles. The monoisotopic (exact) mass is 213 g/mol. The van der Waals surface area contributed by atoms with Crippen LogP contribution >= 0.6 is 0 Å². The number of ether oxygens (including phenoxy) is 1. The Morgan fingerprint density at radius 1 is 1.27 bits per heavy atom. The van der Waals surface area contributed by atoms with Crippen LogP contribution in [-0.4, -0.2) is 24.7 Å². The van der Waals surface area contributed by atoms with E-state index >= 15 is 0 Å². The largest absolute Gasteiger partial charge is 0.368 e. The number of carbonyl (C=O) groups is 1. The van der Waals surface area contributed by atoms with Crippen molar-refractivity contribution in [1.29, 1.82) is 0 Å². The van der Waals surface area contributed by atoms with Gasteiger partial charge in [0.05, 0.1) is 6.61 Å². The van der Waals surface area contributed by atoms with Crippen molar-refractivity contribution in [2.45, 2.75) is 52.7 Å². The Morgan fingerprint density at radius 3 is 2.33 bits per heavy atom. The molecule has 1 aliphatic heterocycles. The maximum atomic E-state index is 11.6. The fourth-order valence-electron chi connectivity index (χ4n) is 1.88. The standard InChI is InChI=1S/C12H23NO2/c1-8(2)10-5-6-11(15-7-10)12(14)13-9(3)4/h8-11H,5-7H2,1-4H3,(H,13,14). The Bertz CT molecular complexity index is 206. The van der Waals surface area contributed by atoms with Crippen LogP contribution in [0.2, 0.25) is 0 Å². The first kappa shape index (κ1) is 12.5. The van der Waals surface area contributed by atoms with Gasteiger partial charge < -0.3 is 10.1 Å². The molecule has 1 amide bonds. The lowest BCUT2D eigenvalue weighted by Crippen LogP contribution is -2.43. The van der Waals surface area contributed by atoms with Gasteiger partial charge in [-0.05, 0) is 38.5 Å². The van der Waals surface area contributed by atoms with Crippen LogP contribution in [-0.2, 0) is 9.53 Å². The van der Waals surface area contributed by atoms with Crippen molar-refractivity contribution in [1.82, 2.24) is 5.32 Å². The third-order valence-electron chi connectivity index (χ3n) is 2.98. The van der Waals surface area contributed by atoms with E-state index in [9.17, 15) is 4.79 Å². The molecule has 1 aliphatic rings. The van der Waals surface area contributed by atoms with Crippen molar-refractivity contribution < 1.29 is 9.53 Å². The number of hydrogen-bond donors (Lipinski definition) is 1. The summed E-state index contributed by atoms with van der Waals surface area (Å²) in [6.45, 7) is 9.09. The number of nitrogens with one attached hydrogen (secondary N) is 1. The maximum Gasteiger partial charge on any atom is 0.249 e. The molecule has 0 radical (unpaired) electrons. The molecule has 1 N–H and O–H groups in total. The van der Waals surface area contributed by atoms with E-state index in [-0.39, 0.29) is 18.1 Å². The predicted molar refractivity (Wildman–Crippen MR) is 60.6 cm³/mol. The zero-order chi connectivity index (χ0) is 11.4. The number of amides is 1. The molecule has 1 heterocycles. The Balaban J connectivity index is 2.34. The van der Waals surface area contributed by atoms with Crippen LogP contribution in [0.25, 0.3) is 0 Å². The van der Waals surface area contributed by atoms with Gasteiger partial charge in [-0.25, -0.2) is 0 Å². The molecule has 1 rings (SSSR count). The van der Waals surface area contributed by atoms with Gasteiger partial charge in [-0.3, -0.25) is 4.79 Å². The lowest BCUT2D eigenvalue weighted by molar-refractivity contribution is -0.138. The molecule has 15 heavy (non-hydrogen) atoms. The number of rotatable bonds is 3. The molecule has 88 valence electrons. The molecule has 0 aromatic heterocycles. The lowest BCUT2D eigenvalue weighted by atomic mass is 9.88. The summed E-state index contributed by atoms with van der Waals surface area (Å²) in [7, 11) is 0. The average molecular weight is 213 g/mol. The fourth-order valence-corrected chi connectivity index (χ4v) is 1.88. The van der Waals surface area contributed by atoms with Crippen LogP contribution in [0.4, 0.5) is 0 Å². The van der Waals surface area contributed by atoms with E-state index in [1.54, 1.807) is 0 Å². The molecular weight excluding hydrogens is 190 g/mol. The maximum absolute atomic E-state index is 11.6. The van der Waals surface area contributed by atoms with Crippen molar-refractivity contribution >= 4 is 5.91 Å². The Morgan fingerprint density at radius 2 is 1.93 bits per heavy atom. The fraction of sp³-hybridized carbons (Fsp3) is 0.917. The number of hydrogen-bond acceptors (Lipinski definition) is 2. The lowest BCUT2D eigenvalue weighted by Gasteiger charge is -2.30. The summed E-state index contributed by atoms with van der Waals surface area (Å²) in [5, 5.41) is 2.89. The van der Waals surface area contributed by atoms with E-state index in [1.165, 1.54) is 0 Å². The second kappa shape index (κ2) is 5.50. The van der Waals surface area contributed by atoms with Crippen LogP contribution in [0.3, 0.4) is 0 Å². The Labute approximate surface area is 92.6 Å². The molecule has 1 fully saturated rings. The van der Waals surface area contributed by atoms with Gasteiger partial charge in [0, 0.05) is 6.04 Å². The molecule has 0 bridgehead atoms. The van der Waals surface area contributed by atoms with E-state index < -0.39 is 0 Å². The van der Waals surface area contributed by atoms with Gasteiger partial charge in [-0.1, -0.05) is 13.8 Å².